The number of carbonyl (C=O) groups excluding carboxylic acids is 2. The molecule has 0 unspecified atom stereocenters. The van der Waals surface area contributed by atoms with E-state index >= 15 is 0 Å². The van der Waals surface area contributed by atoms with Crippen LogP contribution in [0.2, 0.25) is 0 Å². The summed E-state index contributed by atoms with van der Waals surface area (Å²) in [4.78, 5) is 29.2. The van der Waals surface area contributed by atoms with E-state index in [4.69, 9.17) is 0 Å². The van der Waals surface area contributed by atoms with Crippen molar-refractivity contribution in [3.8, 4) is 0 Å². The van der Waals surface area contributed by atoms with Gasteiger partial charge in [-0.1, -0.05) is 80.6 Å². The van der Waals surface area contributed by atoms with Crippen molar-refractivity contribution in [2.75, 3.05) is 23.7 Å². The molecule has 0 aromatic heterocycles. The Balaban J connectivity index is 2.04. The predicted molar refractivity (Wildman–Crippen MR) is 157 cm³/mol. The fraction of sp³-hybridized carbons (Fsp3) is 0.355. The van der Waals surface area contributed by atoms with Gasteiger partial charge in [0.15, 0.2) is 0 Å². The fourth-order valence-corrected chi connectivity index (χ4v) is 5.30. The van der Waals surface area contributed by atoms with Gasteiger partial charge in [-0.25, -0.2) is 8.42 Å². The number of nitrogens with one attached hydrogen (secondary N) is 1. The first-order chi connectivity index (χ1) is 18.4. The molecule has 7 nitrogen and oxygen atoms in total. The number of nitrogens with zero attached hydrogens (tertiary/aromatic N) is 2. The molecule has 1 N–H and O–H groups in total. The molecule has 0 aliphatic heterocycles. The minimum atomic E-state index is -3.79. The van der Waals surface area contributed by atoms with Crippen molar-refractivity contribution in [3.05, 3.63) is 101 Å². The van der Waals surface area contributed by atoms with Gasteiger partial charge in [-0.3, -0.25) is 13.9 Å². The Morgan fingerprint density at radius 3 is 1.90 bits per heavy atom. The predicted octanol–water partition coefficient (Wildman–Crippen LogP) is 4.48. The van der Waals surface area contributed by atoms with Crippen molar-refractivity contribution in [1.82, 2.24) is 10.2 Å². The zero-order chi connectivity index (χ0) is 28.6. The first-order valence-corrected chi connectivity index (χ1v) is 15.0. The number of hydrogen-bond donors (Lipinski definition) is 1. The molecule has 208 valence electrons. The summed E-state index contributed by atoms with van der Waals surface area (Å²) in [5.74, 6) is -0.493. The van der Waals surface area contributed by atoms with Gasteiger partial charge in [0.1, 0.15) is 12.6 Å². The van der Waals surface area contributed by atoms with Crippen molar-refractivity contribution in [2.24, 2.45) is 5.92 Å². The highest BCUT2D eigenvalue weighted by Gasteiger charge is 2.33. The lowest BCUT2D eigenvalue weighted by Gasteiger charge is -2.33. The molecule has 0 bridgehead atoms. The van der Waals surface area contributed by atoms with Crippen LogP contribution in [-0.2, 0) is 32.6 Å². The molecular weight excluding hydrogens is 510 g/mol. The topological polar surface area (TPSA) is 86.8 Å². The molecule has 3 rings (SSSR count). The van der Waals surface area contributed by atoms with Crippen LogP contribution in [0.1, 0.15) is 36.1 Å². The highest BCUT2D eigenvalue weighted by Crippen LogP contribution is 2.23. The summed E-state index contributed by atoms with van der Waals surface area (Å²) in [6.07, 6.45) is 1.39. The van der Waals surface area contributed by atoms with Crippen LogP contribution in [0.5, 0.6) is 0 Å². The van der Waals surface area contributed by atoms with Gasteiger partial charge in [0, 0.05) is 19.5 Å². The third kappa shape index (κ3) is 8.96. The van der Waals surface area contributed by atoms with Crippen molar-refractivity contribution in [3.63, 3.8) is 0 Å². The van der Waals surface area contributed by atoms with Crippen LogP contribution in [0.15, 0.2) is 78.9 Å². The quantitative estimate of drug-likeness (QED) is 0.361. The lowest BCUT2D eigenvalue weighted by atomic mass is 10.0. The summed E-state index contributed by atoms with van der Waals surface area (Å²) in [5.41, 5.74) is 3.96. The molecule has 0 heterocycles. The summed E-state index contributed by atoms with van der Waals surface area (Å²) >= 11 is 0. The summed E-state index contributed by atoms with van der Waals surface area (Å²) in [6, 6.07) is 23.6. The van der Waals surface area contributed by atoms with E-state index in [1.807, 2.05) is 94.4 Å². The minimum Gasteiger partial charge on any atom is -0.354 e. The van der Waals surface area contributed by atoms with E-state index in [0.717, 1.165) is 32.8 Å². The second-order valence-electron chi connectivity index (χ2n) is 10.5. The van der Waals surface area contributed by atoms with E-state index in [-0.39, 0.29) is 18.4 Å². The molecule has 0 aliphatic rings. The smallest absolute Gasteiger partial charge is 0.244 e. The van der Waals surface area contributed by atoms with Crippen LogP contribution in [0.4, 0.5) is 5.69 Å². The summed E-state index contributed by atoms with van der Waals surface area (Å²) in [5, 5.41) is 2.99. The zero-order valence-corrected chi connectivity index (χ0v) is 24.2. The van der Waals surface area contributed by atoms with Crippen LogP contribution in [0.3, 0.4) is 0 Å². The number of amides is 2. The number of sulfonamides is 1. The first-order valence-electron chi connectivity index (χ1n) is 13.1. The summed E-state index contributed by atoms with van der Waals surface area (Å²) < 4.78 is 27.0. The molecule has 8 heteroatoms. The molecule has 0 saturated heterocycles. The van der Waals surface area contributed by atoms with E-state index in [1.54, 1.807) is 12.1 Å². The molecule has 3 aromatic rings. The lowest BCUT2D eigenvalue weighted by Crippen LogP contribution is -2.53. The SMILES string of the molecule is Cc1cc(C)cc(N(CC(=O)N(Cc2ccccc2)[C@@H](Cc2ccccc2)C(=O)NCC(C)C)S(C)(=O)=O)c1. The highest BCUT2D eigenvalue weighted by atomic mass is 32.2. The minimum absolute atomic E-state index is 0.163. The van der Waals surface area contributed by atoms with Gasteiger partial charge < -0.3 is 10.2 Å². The standard InChI is InChI=1S/C31H39N3O4S/c1-23(2)20-32-31(36)29(19-26-12-8-6-9-13-26)33(21-27-14-10-7-11-15-27)30(35)22-34(39(5,37)38)28-17-24(3)16-25(4)18-28/h6-18,23,29H,19-22H2,1-5H3,(H,32,36)/t29-/m0/s1. The average molecular weight is 550 g/mol. The van der Waals surface area contributed by atoms with Crippen LogP contribution >= 0.6 is 0 Å². The van der Waals surface area contributed by atoms with Gasteiger partial charge in [0.2, 0.25) is 21.8 Å². The van der Waals surface area contributed by atoms with Crippen LogP contribution in [0.25, 0.3) is 0 Å². The average Bonchev–Trinajstić information content (AvgIpc) is 2.87. The Bertz CT molecular complexity index is 1340. The summed E-state index contributed by atoms with van der Waals surface area (Å²) in [7, 11) is -3.79. The molecule has 1 atom stereocenters. The number of aryl methyl sites for hydroxylation is 2. The van der Waals surface area contributed by atoms with E-state index in [1.165, 1.54) is 4.90 Å². The van der Waals surface area contributed by atoms with Crippen molar-refractivity contribution in [2.45, 2.75) is 46.7 Å². The second-order valence-corrected chi connectivity index (χ2v) is 12.4. The van der Waals surface area contributed by atoms with Crippen LogP contribution in [-0.4, -0.2) is 50.5 Å². The van der Waals surface area contributed by atoms with E-state index in [9.17, 15) is 18.0 Å². The van der Waals surface area contributed by atoms with E-state index < -0.39 is 28.5 Å². The van der Waals surface area contributed by atoms with Crippen molar-refractivity contribution in [1.29, 1.82) is 0 Å². The molecule has 39 heavy (non-hydrogen) atoms. The molecular formula is C31H39N3O4S. The Hall–Kier alpha value is -3.65. The second kappa shape index (κ2) is 13.4. The first kappa shape index (κ1) is 29.9. The third-order valence-corrected chi connectivity index (χ3v) is 7.47. The number of rotatable bonds is 12. The molecule has 0 fully saturated rings. The van der Waals surface area contributed by atoms with Crippen molar-refractivity contribution >= 4 is 27.5 Å². The van der Waals surface area contributed by atoms with Gasteiger partial charge in [0.25, 0.3) is 0 Å². The largest absolute Gasteiger partial charge is 0.354 e. The van der Waals surface area contributed by atoms with Crippen molar-refractivity contribution < 1.29 is 18.0 Å². The number of carbonyl (C=O) groups is 2. The Labute approximate surface area is 232 Å². The Kier molecular flexibility index (Phi) is 10.3. The molecule has 0 saturated carbocycles. The maximum absolute atomic E-state index is 14.1. The highest BCUT2D eigenvalue weighted by molar-refractivity contribution is 7.92. The molecule has 0 radical (unpaired) electrons. The zero-order valence-electron chi connectivity index (χ0n) is 23.4. The van der Waals surface area contributed by atoms with Crippen LogP contribution < -0.4 is 9.62 Å². The van der Waals surface area contributed by atoms with Gasteiger partial charge in [0.05, 0.1) is 11.9 Å². The van der Waals surface area contributed by atoms with Crippen LogP contribution in [0, 0.1) is 19.8 Å². The van der Waals surface area contributed by atoms with E-state index in [0.29, 0.717) is 18.7 Å². The number of benzene rings is 3. The Morgan fingerprint density at radius 2 is 1.38 bits per heavy atom. The Morgan fingerprint density at radius 1 is 0.846 bits per heavy atom. The van der Waals surface area contributed by atoms with Gasteiger partial charge in [-0.15, -0.1) is 0 Å². The van der Waals surface area contributed by atoms with Gasteiger partial charge >= 0.3 is 0 Å². The molecule has 3 aromatic carbocycles. The van der Waals surface area contributed by atoms with E-state index in [2.05, 4.69) is 5.32 Å². The number of hydrogen-bond acceptors (Lipinski definition) is 4. The normalized spacial score (nSPS) is 12.2. The maximum atomic E-state index is 14.1. The molecule has 0 aliphatic carbocycles. The van der Waals surface area contributed by atoms with Gasteiger partial charge in [-0.2, -0.15) is 0 Å². The molecule has 0 spiro atoms. The summed E-state index contributed by atoms with van der Waals surface area (Å²) in [6.45, 7) is 7.99. The number of anilines is 1. The fourth-order valence-electron chi connectivity index (χ4n) is 4.46. The van der Waals surface area contributed by atoms with Gasteiger partial charge in [-0.05, 0) is 54.2 Å². The maximum Gasteiger partial charge on any atom is 0.244 e. The monoisotopic (exact) mass is 549 g/mol. The third-order valence-electron chi connectivity index (χ3n) is 6.33. The lowest BCUT2D eigenvalue weighted by molar-refractivity contribution is -0.140. The molecule has 2 amide bonds.